The van der Waals surface area contributed by atoms with Crippen molar-refractivity contribution in [1.29, 1.82) is 0 Å². The molecular formula is C31H42O2. The molecule has 2 heteroatoms. The Labute approximate surface area is 202 Å². The van der Waals surface area contributed by atoms with Crippen LogP contribution in [0.15, 0.2) is 89.0 Å². The Kier molecular flexibility index (Phi) is 9.16. The van der Waals surface area contributed by atoms with Gasteiger partial charge in [0.1, 0.15) is 0 Å². The van der Waals surface area contributed by atoms with Gasteiger partial charge in [0.15, 0.2) is 0 Å². The molecule has 0 atom stereocenters. The molecule has 2 rings (SSSR count). The fourth-order valence-electron chi connectivity index (χ4n) is 4.94. The van der Waals surface area contributed by atoms with Crippen LogP contribution in [-0.4, -0.2) is 12.2 Å². The van der Waals surface area contributed by atoms with Crippen molar-refractivity contribution in [3.05, 3.63) is 100 Å². The molecule has 0 unspecified atom stereocenters. The minimum Gasteiger partial charge on any atom is -0.496 e. The topological polar surface area (TPSA) is 18.5 Å². The standard InChI is InChI=1S/C31H42O2/c1-11-27-28-15-13-14-16-30(28)31(29(27)12-2,23(7)17-19-25(9)32-21(3)4)24(8)18-20-26(10)33-22(5)6/h11-22H,1-10H3/b23-17+,24-18+,25-19+,26-20+,27-11?,29-12+. The first-order chi connectivity index (χ1) is 15.6. The van der Waals surface area contributed by atoms with E-state index in [1.54, 1.807) is 0 Å². The summed E-state index contributed by atoms with van der Waals surface area (Å²) in [6.45, 7) is 21.0. The Hall–Kier alpha value is -2.74. The SMILES string of the molecule is CC=C1/C(=C\C)C(/C(C)=C/C=C(\C)OC(C)C)(/C(C)=C/C=C(\C)OC(C)C)c2ccccc21. The zero-order chi connectivity index (χ0) is 24.8. The molecule has 0 saturated carbocycles. The van der Waals surface area contributed by atoms with Gasteiger partial charge >= 0.3 is 0 Å². The van der Waals surface area contributed by atoms with Crippen molar-refractivity contribution in [2.45, 2.75) is 86.9 Å². The summed E-state index contributed by atoms with van der Waals surface area (Å²) in [4.78, 5) is 0. The lowest BCUT2D eigenvalue weighted by Gasteiger charge is -2.35. The summed E-state index contributed by atoms with van der Waals surface area (Å²) >= 11 is 0. The lowest BCUT2D eigenvalue weighted by atomic mass is 9.67. The zero-order valence-electron chi connectivity index (χ0n) is 22.2. The van der Waals surface area contributed by atoms with Gasteiger partial charge in [-0.15, -0.1) is 0 Å². The van der Waals surface area contributed by atoms with E-state index in [2.05, 4.69) is 116 Å². The lowest BCUT2D eigenvalue weighted by Crippen LogP contribution is -2.28. The molecule has 0 bridgehead atoms. The second kappa shape index (κ2) is 11.4. The Morgan fingerprint density at radius 3 is 1.64 bits per heavy atom. The second-order valence-corrected chi connectivity index (χ2v) is 9.29. The largest absolute Gasteiger partial charge is 0.496 e. The van der Waals surface area contributed by atoms with E-state index >= 15 is 0 Å². The fraction of sp³-hybridized carbons (Fsp3) is 0.419. The highest BCUT2D eigenvalue weighted by Crippen LogP contribution is 2.57. The van der Waals surface area contributed by atoms with Gasteiger partial charge < -0.3 is 9.47 Å². The molecule has 0 amide bonds. The first kappa shape index (κ1) is 26.5. The van der Waals surface area contributed by atoms with E-state index in [1.807, 2.05) is 13.8 Å². The molecule has 0 radical (unpaired) electrons. The summed E-state index contributed by atoms with van der Waals surface area (Å²) in [5.74, 6) is 1.84. The Morgan fingerprint density at radius 2 is 1.21 bits per heavy atom. The number of rotatable bonds is 8. The Balaban J connectivity index is 2.81. The van der Waals surface area contributed by atoms with E-state index in [9.17, 15) is 0 Å². The third-order valence-corrected chi connectivity index (χ3v) is 6.06. The van der Waals surface area contributed by atoms with Crippen LogP contribution in [0.3, 0.4) is 0 Å². The first-order valence-corrected chi connectivity index (χ1v) is 12.1. The van der Waals surface area contributed by atoms with E-state index in [4.69, 9.17) is 9.47 Å². The van der Waals surface area contributed by atoms with Crippen LogP contribution in [0, 0.1) is 0 Å². The van der Waals surface area contributed by atoms with Crippen molar-refractivity contribution in [3.8, 4) is 0 Å². The molecule has 2 nitrogen and oxygen atoms in total. The second-order valence-electron chi connectivity index (χ2n) is 9.29. The molecule has 1 aromatic carbocycles. The number of hydrogen-bond donors (Lipinski definition) is 0. The summed E-state index contributed by atoms with van der Waals surface area (Å²) < 4.78 is 11.8. The van der Waals surface area contributed by atoms with Gasteiger partial charge in [-0.05, 0) is 104 Å². The monoisotopic (exact) mass is 446 g/mol. The highest BCUT2D eigenvalue weighted by Gasteiger charge is 2.47. The third-order valence-electron chi connectivity index (χ3n) is 6.06. The molecule has 0 heterocycles. The molecule has 178 valence electrons. The Bertz CT molecular complexity index is 981. The molecule has 0 spiro atoms. The molecule has 1 aliphatic rings. The molecule has 0 fully saturated rings. The van der Waals surface area contributed by atoms with Gasteiger partial charge in [-0.25, -0.2) is 0 Å². The first-order valence-electron chi connectivity index (χ1n) is 12.1. The molecular weight excluding hydrogens is 404 g/mol. The number of fused-ring (bicyclic) bond motifs is 1. The van der Waals surface area contributed by atoms with Gasteiger partial charge in [0.05, 0.1) is 29.1 Å². The predicted molar refractivity (Wildman–Crippen MR) is 143 cm³/mol. The van der Waals surface area contributed by atoms with Crippen LogP contribution in [0.2, 0.25) is 0 Å². The van der Waals surface area contributed by atoms with E-state index in [1.165, 1.54) is 33.4 Å². The van der Waals surface area contributed by atoms with Crippen LogP contribution >= 0.6 is 0 Å². The summed E-state index contributed by atoms with van der Waals surface area (Å²) in [7, 11) is 0. The zero-order valence-corrected chi connectivity index (χ0v) is 22.2. The maximum atomic E-state index is 5.89. The minimum atomic E-state index is -0.351. The van der Waals surface area contributed by atoms with E-state index in [0.717, 1.165) is 11.5 Å². The van der Waals surface area contributed by atoms with E-state index in [-0.39, 0.29) is 17.6 Å². The van der Waals surface area contributed by atoms with Crippen molar-refractivity contribution >= 4 is 5.57 Å². The third kappa shape index (κ3) is 5.61. The van der Waals surface area contributed by atoms with E-state index < -0.39 is 0 Å². The van der Waals surface area contributed by atoms with Gasteiger partial charge in [0.25, 0.3) is 0 Å². The van der Waals surface area contributed by atoms with Gasteiger partial charge in [-0.3, -0.25) is 0 Å². The fourth-order valence-corrected chi connectivity index (χ4v) is 4.94. The molecule has 0 saturated heterocycles. The van der Waals surface area contributed by atoms with Crippen LogP contribution in [0.5, 0.6) is 0 Å². The van der Waals surface area contributed by atoms with Crippen molar-refractivity contribution in [2.24, 2.45) is 0 Å². The predicted octanol–water partition coefficient (Wildman–Crippen LogP) is 8.84. The average molecular weight is 447 g/mol. The molecule has 0 aromatic heterocycles. The maximum Gasteiger partial charge on any atom is 0.0932 e. The molecule has 1 aliphatic carbocycles. The molecule has 0 aliphatic heterocycles. The van der Waals surface area contributed by atoms with E-state index in [0.29, 0.717) is 0 Å². The van der Waals surface area contributed by atoms with Crippen LogP contribution < -0.4 is 0 Å². The smallest absolute Gasteiger partial charge is 0.0932 e. The normalized spacial score (nSPS) is 19.6. The number of allylic oxidation sites excluding steroid dienone is 12. The summed E-state index contributed by atoms with van der Waals surface area (Å²) in [5.41, 5.74) is 7.41. The number of benzene rings is 1. The molecule has 0 N–H and O–H groups in total. The van der Waals surface area contributed by atoms with Crippen molar-refractivity contribution in [3.63, 3.8) is 0 Å². The van der Waals surface area contributed by atoms with Gasteiger partial charge in [0.2, 0.25) is 0 Å². The average Bonchev–Trinajstić information content (AvgIpc) is 3.05. The Morgan fingerprint density at radius 1 is 0.727 bits per heavy atom. The summed E-state index contributed by atoms with van der Waals surface area (Å²) in [5, 5.41) is 0. The van der Waals surface area contributed by atoms with Crippen LogP contribution in [0.4, 0.5) is 0 Å². The maximum absolute atomic E-state index is 5.89. The minimum absolute atomic E-state index is 0.160. The quantitative estimate of drug-likeness (QED) is 0.293. The number of ether oxygens (including phenoxy) is 2. The van der Waals surface area contributed by atoms with Crippen LogP contribution in [0.1, 0.15) is 80.4 Å². The van der Waals surface area contributed by atoms with Gasteiger partial charge in [-0.1, -0.05) is 59.7 Å². The van der Waals surface area contributed by atoms with Crippen molar-refractivity contribution < 1.29 is 9.47 Å². The highest BCUT2D eigenvalue weighted by molar-refractivity contribution is 5.93. The summed E-state index contributed by atoms with van der Waals surface area (Å²) in [6, 6.07) is 8.78. The van der Waals surface area contributed by atoms with Crippen LogP contribution in [-0.2, 0) is 14.9 Å². The van der Waals surface area contributed by atoms with Crippen molar-refractivity contribution in [1.82, 2.24) is 0 Å². The number of hydrogen-bond acceptors (Lipinski definition) is 2. The molecule has 1 aromatic rings. The van der Waals surface area contributed by atoms with Crippen molar-refractivity contribution in [2.75, 3.05) is 0 Å². The molecule has 33 heavy (non-hydrogen) atoms. The summed E-state index contributed by atoms with van der Waals surface area (Å²) in [6.07, 6.45) is 13.5. The van der Waals surface area contributed by atoms with Crippen LogP contribution in [0.25, 0.3) is 5.57 Å². The van der Waals surface area contributed by atoms with Gasteiger partial charge in [0, 0.05) is 0 Å². The lowest BCUT2D eigenvalue weighted by molar-refractivity contribution is 0.149. The van der Waals surface area contributed by atoms with Gasteiger partial charge in [-0.2, -0.15) is 0 Å². The highest BCUT2D eigenvalue weighted by atomic mass is 16.5.